The summed E-state index contributed by atoms with van der Waals surface area (Å²) in [6, 6.07) is 7.38. The largest absolute Gasteiger partial charge is 0.479 e. The minimum absolute atomic E-state index is 0.616. The zero-order valence-electron chi connectivity index (χ0n) is 10.1. The van der Waals surface area contributed by atoms with E-state index in [0.717, 1.165) is 11.1 Å². The summed E-state index contributed by atoms with van der Waals surface area (Å²) in [6.07, 6.45) is 3.31. The molecule has 5 heteroatoms. The molecule has 0 fully saturated rings. The van der Waals surface area contributed by atoms with Gasteiger partial charge in [-0.3, -0.25) is 4.68 Å². The molecule has 0 aliphatic carbocycles. The summed E-state index contributed by atoms with van der Waals surface area (Å²) in [7, 11) is 0. The summed E-state index contributed by atoms with van der Waals surface area (Å²) in [4.78, 5) is 11.1. The van der Waals surface area contributed by atoms with E-state index in [4.69, 9.17) is 16.7 Å². The Balaban J connectivity index is 2.44. The van der Waals surface area contributed by atoms with Crippen LogP contribution in [-0.4, -0.2) is 20.9 Å². The van der Waals surface area contributed by atoms with Crippen molar-refractivity contribution in [3.63, 3.8) is 0 Å². The monoisotopic (exact) mass is 264 g/mol. The molecule has 0 radical (unpaired) electrons. The number of hydrogen-bond donors (Lipinski definition) is 1. The highest BCUT2D eigenvalue weighted by molar-refractivity contribution is 6.33. The van der Waals surface area contributed by atoms with Crippen LogP contribution in [0.1, 0.15) is 13.8 Å². The van der Waals surface area contributed by atoms with E-state index >= 15 is 0 Å². The molecule has 0 amide bonds. The van der Waals surface area contributed by atoms with Gasteiger partial charge in [-0.1, -0.05) is 29.8 Å². The number of carboxylic acid groups (broad SMARTS) is 1. The Morgan fingerprint density at radius 3 is 2.67 bits per heavy atom. The van der Waals surface area contributed by atoms with Crippen LogP contribution in [0.3, 0.4) is 0 Å². The lowest BCUT2D eigenvalue weighted by Gasteiger charge is -2.19. The Hall–Kier alpha value is -1.81. The first-order valence-electron chi connectivity index (χ1n) is 5.46. The predicted octanol–water partition coefficient (Wildman–Crippen LogP) is 3.02. The first kappa shape index (κ1) is 12.6. The molecule has 0 atom stereocenters. The molecule has 0 unspecified atom stereocenters. The number of carboxylic acids is 1. The number of hydrogen-bond acceptors (Lipinski definition) is 2. The summed E-state index contributed by atoms with van der Waals surface area (Å²) in [5, 5.41) is 13.9. The molecule has 4 nitrogen and oxygen atoms in total. The smallest absolute Gasteiger partial charge is 0.331 e. The summed E-state index contributed by atoms with van der Waals surface area (Å²) >= 11 is 6.09. The second kappa shape index (κ2) is 4.46. The Labute approximate surface area is 110 Å². The van der Waals surface area contributed by atoms with Crippen LogP contribution in [0.4, 0.5) is 0 Å². The van der Waals surface area contributed by atoms with Gasteiger partial charge in [-0.15, -0.1) is 0 Å². The van der Waals surface area contributed by atoms with Crippen molar-refractivity contribution >= 4 is 17.6 Å². The average Bonchev–Trinajstić information content (AvgIpc) is 2.79. The molecule has 0 bridgehead atoms. The number of rotatable bonds is 3. The van der Waals surface area contributed by atoms with E-state index in [1.54, 1.807) is 32.3 Å². The number of carbonyl (C=O) groups is 1. The summed E-state index contributed by atoms with van der Waals surface area (Å²) in [5.74, 6) is -0.934. The second-order valence-electron chi connectivity index (χ2n) is 4.52. The van der Waals surface area contributed by atoms with E-state index in [1.807, 2.05) is 18.2 Å². The molecule has 1 N–H and O–H groups in total. The molecule has 1 heterocycles. The van der Waals surface area contributed by atoms with Crippen molar-refractivity contribution in [2.75, 3.05) is 0 Å². The van der Waals surface area contributed by atoms with Gasteiger partial charge in [-0.05, 0) is 19.9 Å². The number of halogens is 1. The normalized spacial score (nSPS) is 11.5. The molecule has 94 valence electrons. The van der Waals surface area contributed by atoms with Crippen molar-refractivity contribution in [2.24, 2.45) is 0 Å². The third-order valence-corrected chi connectivity index (χ3v) is 3.19. The summed E-state index contributed by atoms with van der Waals surface area (Å²) < 4.78 is 1.42. The van der Waals surface area contributed by atoms with Crippen LogP contribution < -0.4 is 0 Å². The lowest BCUT2D eigenvalue weighted by Crippen LogP contribution is -2.35. The summed E-state index contributed by atoms with van der Waals surface area (Å²) in [6.45, 7) is 3.19. The molecule has 0 saturated heterocycles. The van der Waals surface area contributed by atoms with Gasteiger partial charge in [0.05, 0.1) is 6.20 Å². The zero-order valence-corrected chi connectivity index (χ0v) is 10.8. The van der Waals surface area contributed by atoms with E-state index < -0.39 is 11.5 Å². The highest BCUT2D eigenvalue weighted by Gasteiger charge is 2.30. The molecule has 2 aromatic rings. The maximum Gasteiger partial charge on any atom is 0.331 e. The molecule has 2 rings (SSSR count). The average molecular weight is 265 g/mol. The molecule has 18 heavy (non-hydrogen) atoms. The van der Waals surface area contributed by atoms with Gasteiger partial charge < -0.3 is 5.11 Å². The minimum atomic E-state index is -1.08. The van der Waals surface area contributed by atoms with E-state index in [-0.39, 0.29) is 0 Å². The number of nitrogens with zero attached hydrogens (tertiary/aromatic N) is 2. The van der Waals surface area contributed by atoms with E-state index in [9.17, 15) is 4.79 Å². The van der Waals surface area contributed by atoms with E-state index in [1.165, 1.54) is 4.68 Å². The highest BCUT2D eigenvalue weighted by Crippen LogP contribution is 2.28. The zero-order chi connectivity index (χ0) is 13.3. The predicted molar refractivity (Wildman–Crippen MR) is 69.6 cm³/mol. The standard InChI is InChI=1S/C13H13ClN2O2/c1-13(2,12(17)18)16-8-9(7-15-16)10-5-3-4-6-11(10)14/h3-8H,1-2H3,(H,17,18). The van der Waals surface area contributed by atoms with Crippen LogP contribution >= 0.6 is 11.6 Å². The number of aliphatic carboxylic acids is 1. The minimum Gasteiger partial charge on any atom is -0.479 e. The van der Waals surface area contributed by atoms with Gasteiger partial charge in [0.15, 0.2) is 5.54 Å². The van der Waals surface area contributed by atoms with Crippen molar-refractivity contribution < 1.29 is 9.90 Å². The lowest BCUT2D eigenvalue weighted by molar-refractivity contribution is -0.146. The van der Waals surface area contributed by atoms with E-state index in [2.05, 4.69) is 5.10 Å². The van der Waals surface area contributed by atoms with E-state index in [0.29, 0.717) is 5.02 Å². The maximum absolute atomic E-state index is 11.1. The van der Waals surface area contributed by atoms with Crippen LogP contribution in [0, 0.1) is 0 Å². The fourth-order valence-corrected chi connectivity index (χ4v) is 1.81. The first-order chi connectivity index (χ1) is 8.43. The molecular weight excluding hydrogens is 252 g/mol. The van der Waals surface area contributed by atoms with Crippen molar-refractivity contribution in [1.82, 2.24) is 9.78 Å². The van der Waals surface area contributed by atoms with Crippen molar-refractivity contribution in [3.8, 4) is 11.1 Å². The topological polar surface area (TPSA) is 55.1 Å². The highest BCUT2D eigenvalue weighted by atomic mass is 35.5. The molecule has 0 aliphatic rings. The van der Waals surface area contributed by atoms with Gasteiger partial charge in [-0.25, -0.2) is 4.79 Å². The summed E-state index contributed by atoms with van der Waals surface area (Å²) in [5.41, 5.74) is 0.556. The fraction of sp³-hybridized carbons (Fsp3) is 0.231. The van der Waals surface area contributed by atoms with Crippen LogP contribution in [-0.2, 0) is 10.3 Å². The lowest BCUT2D eigenvalue weighted by atomic mass is 10.1. The third-order valence-electron chi connectivity index (χ3n) is 2.86. The van der Waals surface area contributed by atoms with Gasteiger partial charge in [-0.2, -0.15) is 5.10 Å². The Kier molecular flexibility index (Phi) is 3.13. The van der Waals surface area contributed by atoms with Crippen LogP contribution in [0.15, 0.2) is 36.7 Å². The van der Waals surface area contributed by atoms with Crippen molar-refractivity contribution in [1.29, 1.82) is 0 Å². The molecule has 1 aromatic carbocycles. The number of benzene rings is 1. The van der Waals surface area contributed by atoms with Gasteiger partial charge in [0, 0.05) is 22.3 Å². The van der Waals surface area contributed by atoms with Gasteiger partial charge >= 0.3 is 5.97 Å². The third kappa shape index (κ3) is 2.11. The van der Waals surface area contributed by atoms with Gasteiger partial charge in [0.25, 0.3) is 0 Å². The quantitative estimate of drug-likeness (QED) is 0.927. The SMILES string of the molecule is CC(C)(C(=O)O)n1cc(-c2ccccc2Cl)cn1. The van der Waals surface area contributed by atoms with Crippen molar-refractivity contribution in [3.05, 3.63) is 41.7 Å². The van der Waals surface area contributed by atoms with Crippen LogP contribution in [0.5, 0.6) is 0 Å². The maximum atomic E-state index is 11.1. The fourth-order valence-electron chi connectivity index (χ4n) is 1.56. The molecule has 0 spiro atoms. The molecular formula is C13H13ClN2O2. The van der Waals surface area contributed by atoms with Gasteiger partial charge in [0.2, 0.25) is 0 Å². The Morgan fingerprint density at radius 2 is 2.06 bits per heavy atom. The Morgan fingerprint density at radius 1 is 1.39 bits per heavy atom. The Bertz CT molecular complexity index is 590. The molecule has 1 aromatic heterocycles. The number of aromatic nitrogens is 2. The first-order valence-corrected chi connectivity index (χ1v) is 5.84. The van der Waals surface area contributed by atoms with Crippen molar-refractivity contribution in [2.45, 2.75) is 19.4 Å². The van der Waals surface area contributed by atoms with Crippen LogP contribution in [0.2, 0.25) is 5.02 Å². The van der Waals surface area contributed by atoms with Gasteiger partial charge in [0.1, 0.15) is 0 Å². The molecule has 0 saturated carbocycles. The van der Waals surface area contributed by atoms with Crippen LogP contribution in [0.25, 0.3) is 11.1 Å². The second-order valence-corrected chi connectivity index (χ2v) is 4.92. The molecule has 0 aliphatic heterocycles.